The number of aromatic carboxylic acids is 1. The van der Waals surface area contributed by atoms with Gasteiger partial charge in [0.05, 0.1) is 27.8 Å². The van der Waals surface area contributed by atoms with E-state index in [9.17, 15) is 9.90 Å². The van der Waals surface area contributed by atoms with E-state index in [2.05, 4.69) is 33.3 Å². The predicted molar refractivity (Wildman–Crippen MR) is 157 cm³/mol. The molecule has 0 saturated heterocycles. The summed E-state index contributed by atoms with van der Waals surface area (Å²) >= 11 is 13.0. The molecule has 1 aromatic carbocycles. The second-order valence-corrected chi connectivity index (χ2v) is 12.6. The van der Waals surface area contributed by atoms with Crippen molar-refractivity contribution >= 4 is 46.2 Å². The van der Waals surface area contributed by atoms with Crippen molar-refractivity contribution in [2.45, 2.75) is 69.5 Å². The first-order valence-corrected chi connectivity index (χ1v) is 14.8. The number of carboxylic acids is 1. The molecule has 4 aliphatic carbocycles. The minimum Gasteiger partial charge on any atom is -0.477 e. The van der Waals surface area contributed by atoms with E-state index in [1.54, 1.807) is 18.5 Å². The molecule has 0 spiro atoms. The highest BCUT2D eigenvalue weighted by molar-refractivity contribution is 6.38. The second kappa shape index (κ2) is 10.2. The van der Waals surface area contributed by atoms with Crippen LogP contribution in [0.1, 0.15) is 84.7 Å². The maximum absolute atomic E-state index is 11.2. The van der Waals surface area contributed by atoms with Gasteiger partial charge in [-0.05, 0) is 80.5 Å². The monoisotopic (exact) mass is 589 g/mol. The smallest absolute Gasteiger partial charge is 0.354 e. The molecule has 41 heavy (non-hydrogen) atoms. The Morgan fingerprint density at radius 3 is 2.46 bits per heavy atom. The number of fused-ring (bicyclic) bond motifs is 4. The summed E-state index contributed by atoms with van der Waals surface area (Å²) in [6.07, 6.45) is 16.2. The molecular formula is C32H29Cl2N3O4. The lowest BCUT2D eigenvalue weighted by Gasteiger charge is -2.52. The molecule has 7 nitrogen and oxygen atoms in total. The fourth-order valence-corrected chi connectivity index (χ4v) is 7.02. The minimum absolute atomic E-state index is 0.0591. The Balaban J connectivity index is 1.05. The molecule has 0 atom stereocenters. The molecule has 1 N–H and O–H groups in total. The number of carboxylic acid groups (broad SMARTS) is 1. The molecule has 0 radical (unpaired) electrons. The maximum atomic E-state index is 11.2. The summed E-state index contributed by atoms with van der Waals surface area (Å²) in [7, 11) is 0. The summed E-state index contributed by atoms with van der Waals surface area (Å²) < 4.78 is 12.6. The van der Waals surface area contributed by atoms with Crippen molar-refractivity contribution in [1.82, 2.24) is 15.1 Å². The Labute approximate surface area is 247 Å². The van der Waals surface area contributed by atoms with Gasteiger partial charge in [-0.15, -0.1) is 0 Å². The molecule has 3 heterocycles. The van der Waals surface area contributed by atoms with E-state index in [0.29, 0.717) is 39.3 Å². The number of nitrogens with zero attached hydrogens (tertiary/aromatic N) is 3. The van der Waals surface area contributed by atoms with E-state index < -0.39 is 5.97 Å². The van der Waals surface area contributed by atoms with Crippen molar-refractivity contribution in [2.24, 2.45) is 5.41 Å². The lowest BCUT2D eigenvalue weighted by molar-refractivity contribution is -0.133. The van der Waals surface area contributed by atoms with Crippen LogP contribution in [-0.4, -0.2) is 31.8 Å². The van der Waals surface area contributed by atoms with Crippen LogP contribution in [0.3, 0.4) is 0 Å². The van der Waals surface area contributed by atoms with Gasteiger partial charge in [0.2, 0.25) is 0 Å². The molecule has 0 aliphatic heterocycles. The van der Waals surface area contributed by atoms with E-state index in [4.69, 9.17) is 32.5 Å². The van der Waals surface area contributed by atoms with Gasteiger partial charge in [-0.3, -0.25) is 4.98 Å². The first-order chi connectivity index (χ1) is 19.8. The van der Waals surface area contributed by atoms with Crippen molar-refractivity contribution in [2.75, 3.05) is 0 Å². The number of pyridine rings is 2. The Morgan fingerprint density at radius 2 is 1.78 bits per heavy atom. The van der Waals surface area contributed by atoms with Crippen LogP contribution in [-0.2, 0) is 11.3 Å². The Morgan fingerprint density at radius 1 is 1.05 bits per heavy atom. The lowest BCUT2D eigenvalue weighted by Crippen LogP contribution is -2.46. The second-order valence-electron chi connectivity index (χ2n) is 11.7. The van der Waals surface area contributed by atoms with Gasteiger partial charge < -0.3 is 14.4 Å². The van der Waals surface area contributed by atoms with E-state index in [1.165, 1.54) is 0 Å². The molecule has 8 rings (SSSR count). The van der Waals surface area contributed by atoms with Gasteiger partial charge in [0.15, 0.2) is 0 Å². The highest BCUT2D eigenvalue weighted by Gasteiger charge is 2.48. The van der Waals surface area contributed by atoms with Gasteiger partial charge in [-0.2, -0.15) is 0 Å². The summed E-state index contributed by atoms with van der Waals surface area (Å²) in [5, 5.41) is 15.4. The highest BCUT2D eigenvalue weighted by atomic mass is 35.5. The molecule has 4 aromatic rings. The average molecular weight is 591 g/mol. The quantitative estimate of drug-likeness (QED) is 0.220. The number of hydrogen-bond acceptors (Lipinski definition) is 6. The summed E-state index contributed by atoms with van der Waals surface area (Å²) in [6, 6.07) is 9.33. The standard InChI is InChI=1S/C32H29Cl2N3O4/c33-23-16-35-17-24(34)27(23)28-22(29(41-37-28)20-2-3-20)18-40-32-12-9-31(10-13-32,11-14-32)8-7-19-1-5-25-21(15-19)4-6-26(36-25)30(38)39/h1,4-8,15-17,20H,2-3,9-14,18H2,(H,38,39). The van der Waals surface area contributed by atoms with Crippen LogP contribution in [0, 0.1) is 5.41 Å². The largest absolute Gasteiger partial charge is 0.477 e. The number of allylic oxidation sites excluding steroid dienone is 1. The fraction of sp³-hybridized carbons (Fsp3) is 0.375. The number of carbonyl (C=O) groups is 1. The molecule has 4 aliphatic rings. The van der Waals surface area contributed by atoms with Gasteiger partial charge in [0, 0.05) is 34.8 Å². The van der Waals surface area contributed by atoms with Gasteiger partial charge in [-0.25, -0.2) is 9.78 Å². The third kappa shape index (κ3) is 5.05. The number of benzene rings is 1. The molecule has 4 saturated carbocycles. The zero-order valence-electron chi connectivity index (χ0n) is 22.4. The highest BCUT2D eigenvalue weighted by Crippen LogP contribution is 2.55. The number of halogens is 2. The maximum Gasteiger partial charge on any atom is 0.354 e. The van der Waals surface area contributed by atoms with Crippen molar-refractivity contribution in [3.05, 3.63) is 81.4 Å². The molecule has 210 valence electrons. The normalized spacial score (nSPS) is 24.0. The Bertz CT molecular complexity index is 1650. The van der Waals surface area contributed by atoms with Crippen molar-refractivity contribution in [3.8, 4) is 11.3 Å². The number of ether oxygens (including phenoxy) is 1. The van der Waals surface area contributed by atoms with E-state index >= 15 is 0 Å². The molecule has 3 aromatic heterocycles. The first kappa shape index (κ1) is 26.6. The van der Waals surface area contributed by atoms with Crippen LogP contribution in [0.5, 0.6) is 0 Å². The van der Waals surface area contributed by atoms with Gasteiger partial charge in [0.25, 0.3) is 0 Å². The van der Waals surface area contributed by atoms with Crippen molar-refractivity contribution in [1.29, 1.82) is 0 Å². The van der Waals surface area contributed by atoms with Gasteiger partial charge >= 0.3 is 5.97 Å². The SMILES string of the molecule is O=C(O)c1ccc2cc(C=CC34CCC(OCc5c(-c6c(Cl)cncc6Cl)noc5C5CC5)(CC3)CC4)ccc2n1. The summed E-state index contributed by atoms with van der Waals surface area (Å²) in [5.41, 5.74) is 4.14. The summed E-state index contributed by atoms with van der Waals surface area (Å²) in [4.78, 5) is 19.5. The third-order valence-corrected chi connectivity index (χ3v) is 9.75. The zero-order valence-corrected chi connectivity index (χ0v) is 23.9. The number of rotatable bonds is 8. The van der Waals surface area contributed by atoms with Crippen LogP contribution in [0.4, 0.5) is 0 Å². The van der Waals surface area contributed by atoms with Crippen LogP contribution >= 0.6 is 23.2 Å². The molecule has 2 bridgehead atoms. The van der Waals surface area contributed by atoms with Gasteiger partial charge in [0.1, 0.15) is 17.1 Å². The van der Waals surface area contributed by atoms with Gasteiger partial charge in [-0.1, -0.05) is 52.6 Å². The third-order valence-electron chi connectivity index (χ3n) is 9.18. The topological polar surface area (TPSA) is 98.3 Å². The molecule has 0 unspecified atom stereocenters. The fourth-order valence-electron chi connectivity index (χ4n) is 6.47. The number of aromatic nitrogens is 3. The molecule has 4 fully saturated rings. The Hall–Kier alpha value is -3.26. The molecule has 9 heteroatoms. The Kier molecular flexibility index (Phi) is 6.64. The zero-order chi connectivity index (χ0) is 28.2. The lowest BCUT2D eigenvalue weighted by atomic mass is 9.58. The average Bonchev–Trinajstić information content (AvgIpc) is 3.75. The molecule has 0 amide bonds. The molecular weight excluding hydrogens is 561 g/mol. The predicted octanol–water partition coefficient (Wildman–Crippen LogP) is 8.49. The van der Waals surface area contributed by atoms with Crippen molar-refractivity contribution in [3.63, 3.8) is 0 Å². The van der Waals surface area contributed by atoms with Crippen LogP contribution in [0.15, 0.2) is 53.3 Å². The van der Waals surface area contributed by atoms with E-state index in [-0.39, 0.29) is 16.7 Å². The van der Waals surface area contributed by atoms with Crippen molar-refractivity contribution < 1.29 is 19.2 Å². The first-order valence-electron chi connectivity index (χ1n) is 14.1. The van der Waals surface area contributed by atoms with Crippen LogP contribution in [0.25, 0.3) is 28.2 Å². The van der Waals surface area contributed by atoms with E-state index in [1.807, 2.05) is 18.2 Å². The summed E-state index contributed by atoms with van der Waals surface area (Å²) in [5.74, 6) is 0.263. The minimum atomic E-state index is -1.02. The number of hydrogen-bond donors (Lipinski definition) is 1. The van der Waals surface area contributed by atoms with Crippen LogP contribution in [0.2, 0.25) is 10.0 Å². The summed E-state index contributed by atoms with van der Waals surface area (Å²) in [6.45, 7) is 0.428. The van der Waals surface area contributed by atoms with Crippen LogP contribution < -0.4 is 0 Å². The van der Waals surface area contributed by atoms with E-state index in [0.717, 1.165) is 73.6 Å².